The zero-order valence-electron chi connectivity index (χ0n) is 8.41. The van der Waals surface area contributed by atoms with Gasteiger partial charge in [-0.1, -0.05) is 0 Å². The van der Waals surface area contributed by atoms with E-state index in [0.29, 0.717) is 26.3 Å². The molecular weight excluding hydrogens is 190 g/mol. The maximum Gasteiger partial charge on any atom is 0.219 e. The quantitative estimate of drug-likeness (QED) is 0.627. The summed E-state index contributed by atoms with van der Waals surface area (Å²) in [5.41, 5.74) is 0. The molecule has 0 saturated carbocycles. The first-order chi connectivity index (χ1) is 5.86. The molecule has 1 aliphatic rings. The van der Waals surface area contributed by atoms with Crippen LogP contribution < -0.4 is 0 Å². The fraction of sp³-hybridized carbons (Fsp3) is 1.00. The van der Waals surface area contributed by atoms with Crippen LogP contribution >= 0.6 is 0 Å². The second-order valence-electron chi connectivity index (χ2n) is 4.13. The molecule has 0 aliphatic carbocycles. The van der Waals surface area contributed by atoms with Crippen molar-refractivity contribution in [1.82, 2.24) is 4.31 Å². The lowest BCUT2D eigenvalue weighted by atomic mass is 10.3. The van der Waals surface area contributed by atoms with Gasteiger partial charge in [-0.25, -0.2) is 8.42 Å². The molecule has 0 aromatic heterocycles. The van der Waals surface area contributed by atoms with Crippen LogP contribution in [0.4, 0.5) is 0 Å². The van der Waals surface area contributed by atoms with Crippen molar-refractivity contribution in [1.29, 1.82) is 0 Å². The van der Waals surface area contributed by atoms with Gasteiger partial charge in [-0.15, -0.1) is 0 Å². The van der Waals surface area contributed by atoms with Gasteiger partial charge in [-0.2, -0.15) is 4.31 Å². The van der Waals surface area contributed by atoms with E-state index in [0.717, 1.165) is 0 Å². The number of ether oxygens (including phenoxy) is 1. The van der Waals surface area contributed by atoms with Gasteiger partial charge in [0.2, 0.25) is 10.0 Å². The van der Waals surface area contributed by atoms with Crippen LogP contribution in [-0.2, 0) is 14.8 Å². The number of nitrogens with zero attached hydrogens (tertiary/aromatic N) is 1. The zero-order chi connectivity index (χ0) is 10.1. The highest BCUT2D eigenvalue weighted by molar-refractivity contribution is 7.90. The van der Waals surface area contributed by atoms with Gasteiger partial charge in [-0.05, 0) is 20.8 Å². The van der Waals surface area contributed by atoms with Gasteiger partial charge in [0.25, 0.3) is 0 Å². The summed E-state index contributed by atoms with van der Waals surface area (Å²) < 4.78 is 29.7. The largest absolute Gasteiger partial charge is 0.379 e. The van der Waals surface area contributed by atoms with Crippen LogP contribution in [0.1, 0.15) is 20.8 Å². The van der Waals surface area contributed by atoms with Crippen molar-refractivity contribution in [3.63, 3.8) is 0 Å². The lowest BCUT2D eigenvalue weighted by Crippen LogP contribution is -2.48. The molecule has 1 heterocycles. The van der Waals surface area contributed by atoms with Gasteiger partial charge in [-0.3, -0.25) is 0 Å². The maximum absolute atomic E-state index is 11.9. The number of morpholine rings is 1. The van der Waals surface area contributed by atoms with Crippen molar-refractivity contribution in [2.45, 2.75) is 25.5 Å². The molecule has 0 aromatic carbocycles. The summed E-state index contributed by atoms with van der Waals surface area (Å²) in [6, 6.07) is 0. The van der Waals surface area contributed by atoms with Crippen LogP contribution in [0.3, 0.4) is 0 Å². The molecule has 0 amide bonds. The lowest BCUT2D eigenvalue weighted by molar-refractivity contribution is 0.0721. The van der Waals surface area contributed by atoms with Crippen molar-refractivity contribution in [3.05, 3.63) is 0 Å². The summed E-state index contributed by atoms with van der Waals surface area (Å²) in [7, 11) is -3.15. The van der Waals surface area contributed by atoms with Crippen LogP contribution in [0.15, 0.2) is 0 Å². The Morgan fingerprint density at radius 3 is 2.00 bits per heavy atom. The first kappa shape index (κ1) is 10.9. The maximum atomic E-state index is 11.9. The van der Waals surface area contributed by atoms with Crippen LogP contribution in [0.5, 0.6) is 0 Å². The van der Waals surface area contributed by atoms with Crippen molar-refractivity contribution in [2.24, 2.45) is 0 Å². The summed E-state index contributed by atoms with van der Waals surface area (Å²) in [4.78, 5) is 0. The van der Waals surface area contributed by atoms with E-state index < -0.39 is 14.8 Å². The molecule has 78 valence electrons. The third-order valence-electron chi connectivity index (χ3n) is 2.08. The van der Waals surface area contributed by atoms with Gasteiger partial charge >= 0.3 is 0 Å². The minimum absolute atomic E-state index is 0.486. The molecule has 4 nitrogen and oxygen atoms in total. The number of hydrogen-bond acceptors (Lipinski definition) is 3. The van der Waals surface area contributed by atoms with Gasteiger partial charge in [0.05, 0.1) is 18.0 Å². The SMILES string of the molecule is CC(C)(C)S(=[16O])(=[16O])N1CCOCC1. The molecule has 1 rings (SSSR count). The Morgan fingerprint density at radius 1 is 1.15 bits per heavy atom. The Hall–Kier alpha value is -0.130. The summed E-state index contributed by atoms with van der Waals surface area (Å²) in [6.45, 7) is 7.15. The minimum Gasteiger partial charge on any atom is -0.379 e. The Kier molecular flexibility index (Phi) is 2.99. The summed E-state index contributed by atoms with van der Waals surface area (Å²) in [5.74, 6) is 0. The standard InChI is InChI=1S/C8H17NO3S/c1-8(2,3)13(10,11)9-4-6-12-7-5-9/h4-7H2,1-3H3/i10+0,11+0. The average molecular weight is 207 g/mol. The van der Waals surface area contributed by atoms with E-state index in [1.54, 1.807) is 20.8 Å². The van der Waals surface area contributed by atoms with Crippen LogP contribution in [-0.4, -0.2) is 43.8 Å². The molecule has 0 bridgehead atoms. The Labute approximate surface area is 79.9 Å². The van der Waals surface area contributed by atoms with Crippen molar-refractivity contribution >= 4 is 10.0 Å². The smallest absolute Gasteiger partial charge is 0.219 e. The average Bonchev–Trinajstić information content (AvgIpc) is 2.04. The molecular formula is C8H17NO3S. The molecule has 13 heavy (non-hydrogen) atoms. The van der Waals surface area contributed by atoms with Crippen LogP contribution in [0.25, 0.3) is 0 Å². The first-order valence-corrected chi connectivity index (χ1v) is 5.87. The van der Waals surface area contributed by atoms with E-state index in [-0.39, 0.29) is 0 Å². The highest BCUT2D eigenvalue weighted by Crippen LogP contribution is 2.20. The Bertz CT molecular complexity index is 260. The molecule has 1 aliphatic heterocycles. The molecule has 1 fully saturated rings. The molecule has 0 aromatic rings. The van der Waals surface area contributed by atoms with Crippen LogP contribution in [0.2, 0.25) is 0 Å². The number of hydrogen-bond donors (Lipinski definition) is 0. The highest BCUT2D eigenvalue weighted by atomic mass is 32.2. The number of rotatable bonds is 1. The van der Waals surface area contributed by atoms with Crippen molar-refractivity contribution < 1.29 is 13.2 Å². The summed E-state index contributed by atoms with van der Waals surface area (Å²) >= 11 is 0. The van der Waals surface area contributed by atoms with E-state index >= 15 is 0 Å². The van der Waals surface area contributed by atoms with E-state index in [2.05, 4.69) is 0 Å². The monoisotopic (exact) mass is 207 g/mol. The normalized spacial score (nSPS) is 21.8. The minimum atomic E-state index is -3.15. The number of sulfonamides is 1. The fourth-order valence-corrected chi connectivity index (χ4v) is 2.58. The predicted octanol–water partition coefficient (Wildman–Crippen LogP) is 0.447. The second kappa shape index (κ2) is 3.55. The molecule has 5 heteroatoms. The molecule has 0 atom stereocenters. The fourth-order valence-electron chi connectivity index (χ4n) is 1.17. The van der Waals surface area contributed by atoms with Gasteiger partial charge in [0.15, 0.2) is 0 Å². The van der Waals surface area contributed by atoms with Gasteiger partial charge in [0.1, 0.15) is 0 Å². The molecule has 0 N–H and O–H groups in total. The first-order valence-electron chi connectivity index (χ1n) is 4.43. The van der Waals surface area contributed by atoms with Crippen molar-refractivity contribution in [2.75, 3.05) is 26.3 Å². The van der Waals surface area contributed by atoms with E-state index in [1.807, 2.05) is 0 Å². The zero-order valence-corrected chi connectivity index (χ0v) is 9.23. The van der Waals surface area contributed by atoms with Gasteiger partial charge in [0, 0.05) is 13.1 Å². The highest BCUT2D eigenvalue weighted by Gasteiger charge is 2.35. The summed E-state index contributed by atoms with van der Waals surface area (Å²) in [6.07, 6.45) is 0. The molecule has 0 unspecified atom stereocenters. The lowest BCUT2D eigenvalue weighted by Gasteiger charge is -2.32. The third-order valence-corrected chi connectivity index (χ3v) is 4.68. The molecule has 1 saturated heterocycles. The Balaban J connectivity index is 2.80. The second-order valence-corrected chi connectivity index (χ2v) is 6.82. The predicted molar refractivity (Wildman–Crippen MR) is 51.1 cm³/mol. The van der Waals surface area contributed by atoms with E-state index in [4.69, 9.17) is 4.74 Å². The summed E-state index contributed by atoms with van der Waals surface area (Å²) in [5, 5.41) is 0. The van der Waals surface area contributed by atoms with Crippen molar-refractivity contribution in [3.8, 4) is 0 Å². The van der Waals surface area contributed by atoms with E-state index in [9.17, 15) is 8.42 Å². The van der Waals surface area contributed by atoms with Gasteiger partial charge < -0.3 is 4.74 Å². The van der Waals surface area contributed by atoms with E-state index in [1.165, 1.54) is 4.31 Å². The molecule has 0 spiro atoms. The topological polar surface area (TPSA) is 46.6 Å². The third kappa shape index (κ3) is 2.21. The van der Waals surface area contributed by atoms with Crippen LogP contribution in [0, 0.1) is 0 Å². The Morgan fingerprint density at radius 2 is 1.62 bits per heavy atom. The molecule has 0 radical (unpaired) electrons.